The molecule has 0 radical (unpaired) electrons. The lowest BCUT2D eigenvalue weighted by Crippen LogP contribution is -2.27. The van der Waals surface area contributed by atoms with Crippen LogP contribution < -0.4 is 10.2 Å². The first-order valence-electron chi connectivity index (χ1n) is 8.36. The maximum Gasteiger partial charge on any atom is 0.355 e. The van der Waals surface area contributed by atoms with E-state index in [4.69, 9.17) is 9.47 Å². The third kappa shape index (κ3) is 4.84. The summed E-state index contributed by atoms with van der Waals surface area (Å²) < 4.78 is 9.68. The van der Waals surface area contributed by atoms with Crippen LogP contribution in [-0.2, 0) is 30.3 Å². The predicted molar refractivity (Wildman–Crippen MR) is 101 cm³/mol. The number of esters is 2. The molecule has 1 aliphatic rings. The number of anilines is 1. The Labute approximate surface area is 157 Å². The molecule has 0 saturated carbocycles. The third-order valence-electron chi connectivity index (χ3n) is 4.00. The van der Waals surface area contributed by atoms with Crippen LogP contribution in [0.1, 0.15) is 12.0 Å². The molecule has 7 nitrogen and oxygen atoms in total. The van der Waals surface area contributed by atoms with E-state index in [9.17, 15) is 14.4 Å². The first-order chi connectivity index (χ1) is 13.0. The van der Waals surface area contributed by atoms with E-state index in [1.54, 1.807) is 36.4 Å². The Balaban J connectivity index is 2.46. The number of methoxy groups -OCH3 is 2. The molecule has 27 heavy (non-hydrogen) atoms. The minimum Gasteiger partial charge on any atom is -0.465 e. The van der Waals surface area contributed by atoms with Gasteiger partial charge in [-0.25, -0.2) is 9.59 Å². The Kier molecular flexibility index (Phi) is 6.93. The smallest absolute Gasteiger partial charge is 0.355 e. The van der Waals surface area contributed by atoms with Crippen LogP contribution in [0, 0.1) is 0 Å². The van der Waals surface area contributed by atoms with Crippen LogP contribution in [0.15, 0.2) is 60.0 Å². The van der Waals surface area contributed by atoms with E-state index in [1.807, 2.05) is 18.2 Å². The van der Waals surface area contributed by atoms with Gasteiger partial charge in [-0.15, -0.1) is 0 Å². The molecule has 142 valence electrons. The second-order valence-electron chi connectivity index (χ2n) is 5.66. The second kappa shape index (κ2) is 9.38. The number of benzene rings is 1. The summed E-state index contributed by atoms with van der Waals surface area (Å²) in [6, 6.07) is 7.38. The Morgan fingerprint density at radius 1 is 1.07 bits per heavy atom. The van der Waals surface area contributed by atoms with Crippen molar-refractivity contribution in [2.45, 2.75) is 12.8 Å². The number of ether oxygens (including phenoxy) is 2. The van der Waals surface area contributed by atoms with Crippen molar-refractivity contribution in [3.05, 3.63) is 65.5 Å². The highest BCUT2D eigenvalue weighted by Gasteiger charge is 2.27. The number of carbonyl (C=O) groups excluding carboxylic acids is 3. The lowest BCUT2D eigenvalue weighted by molar-refractivity contribution is -0.139. The zero-order valence-corrected chi connectivity index (χ0v) is 15.5. The summed E-state index contributed by atoms with van der Waals surface area (Å²) in [6.07, 6.45) is 7.41. The Bertz CT molecular complexity index is 823. The monoisotopic (exact) mass is 370 g/mol. The molecule has 1 aliphatic heterocycles. The average molecular weight is 370 g/mol. The molecule has 0 aliphatic carbocycles. The molecule has 1 N–H and O–H groups in total. The van der Waals surface area contributed by atoms with Gasteiger partial charge in [0.1, 0.15) is 5.70 Å². The predicted octanol–water partition coefficient (Wildman–Crippen LogP) is 1.86. The van der Waals surface area contributed by atoms with Gasteiger partial charge in [0.15, 0.2) is 0 Å². The van der Waals surface area contributed by atoms with Crippen LogP contribution in [0.5, 0.6) is 0 Å². The van der Waals surface area contributed by atoms with Crippen molar-refractivity contribution in [3.8, 4) is 0 Å². The average Bonchev–Trinajstić information content (AvgIpc) is 2.94. The quantitative estimate of drug-likeness (QED) is 0.770. The lowest BCUT2D eigenvalue weighted by atomic mass is 10.1. The third-order valence-corrected chi connectivity index (χ3v) is 4.00. The molecule has 1 amide bonds. The molecule has 0 spiro atoms. The Morgan fingerprint density at radius 2 is 1.81 bits per heavy atom. The van der Waals surface area contributed by atoms with E-state index in [0.717, 1.165) is 5.56 Å². The minimum atomic E-state index is -0.664. The Hall–Kier alpha value is -3.35. The molecule has 1 aromatic carbocycles. The molecule has 0 unspecified atom stereocenters. The molecule has 0 aromatic heterocycles. The van der Waals surface area contributed by atoms with E-state index in [-0.39, 0.29) is 17.2 Å². The van der Waals surface area contributed by atoms with Crippen LogP contribution in [-0.4, -0.2) is 39.1 Å². The first kappa shape index (κ1) is 20.0. The fourth-order valence-electron chi connectivity index (χ4n) is 2.61. The van der Waals surface area contributed by atoms with Crippen LogP contribution in [0.2, 0.25) is 0 Å². The van der Waals surface area contributed by atoms with Crippen LogP contribution in [0.25, 0.3) is 0 Å². The molecule has 0 fully saturated rings. The van der Waals surface area contributed by atoms with Crippen molar-refractivity contribution in [2.24, 2.45) is 0 Å². The SMILES string of the molecule is CNC(=O)CCc1cccc(N2C=CC=CC(C(=O)OC)=C2C(=O)OC)c1. The minimum absolute atomic E-state index is 0.0533. The number of aryl methyl sites for hydroxylation is 1. The topological polar surface area (TPSA) is 84.9 Å². The lowest BCUT2D eigenvalue weighted by Gasteiger charge is -2.23. The molecule has 1 aromatic rings. The molecule has 1 heterocycles. The maximum absolute atomic E-state index is 12.4. The number of carbonyl (C=O) groups is 3. The van der Waals surface area contributed by atoms with Crippen molar-refractivity contribution < 1.29 is 23.9 Å². The van der Waals surface area contributed by atoms with Crippen molar-refractivity contribution >= 4 is 23.5 Å². The van der Waals surface area contributed by atoms with Crippen LogP contribution >= 0.6 is 0 Å². The number of allylic oxidation sites excluding steroid dienone is 2. The first-order valence-corrected chi connectivity index (χ1v) is 8.36. The van der Waals surface area contributed by atoms with Gasteiger partial charge in [0.05, 0.1) is 19.8 Å². The van der Waals surface area contributed by atoms with Crippen molar-refractivity contribution in [3.63, 3.8) is 0 Å². The van der Waals surface area contributed by atoms with E-state index in [0.29, 0.717) is 18.5 Å². The number of nitrogens with zero attached hydrogens (tertiary/aromatic N) is 1. The largest absolute Gasteiger partial charge is 0.465 e. The number of hydrogen-bond donors (Lipinski definition) is 1. The van der Waals surface area contributed by atoms with Crippen LogP contribution in [0.4, 0.5) is 5.69 Å². The van der Waals surface area contributed by atoms with Crippen molar-refractivity contribution in [1.82, 2.24) is 5.32 Å². The number of hydrogen-bond acceptors (Lipinski definition) is 6. The molecule has 0 atom stereocenters. The summed E-state index contributed by atoms with van der Waals surface area (Å²) in [6.45, 7) is 0. The maximum atomic E-state index is 12.4. The van der Waals surface area contributed by atoms with Gasteiger partial charge in [0.25, 0.3) is 0 Å². The van der Waals surface area contributed by atoms with Crippen molar-refractivity contribution in [1.29, 1.82) is 0 Å². The second-order valence-corrected chi connectivity index (χ2v) is 5.66. The molecule has 7 heteroatoms. The van der Waals surface area contributed by atoms with Crippen LogP contribution in [0.3, 0.4) is 0 Å². The van der Waals surface area contributed by atoms with Gasteiger partial charge in [-0.3, -0.25) is 4.79 Å². The zero-order valence-electron chi connectivity index (χ0n) is 15.5. The summed E-state index contributed by atoms with van der Waals surface area (Å²) in [5.74, 6) is -1.36. The van der Waals surface area contributed by atoms with Gasteiger partial charge in [0.2, 0.25) is 5.91 Å². The molecular formula is C20H22N2O5. The summed E-state index contributed by atoms with van der Waals surface area (Å²) >= 11 is 0. The molecule has 0 bridgehead atoms. The summed E-state index contributed by atoms with van der Waals surface area (Å²) in [7, 11) is 4.09. The highest BCUT2D eigenvalue weighted by atomic mass is 16.5. The highest BCUT2D eigenvalue weighted by Crippen LogP contribution is 2.27. The van der Waals surface area contributed by atoms with Gasteiger partial charge >= 0.3 is 11.9 Å². The van der Waals surface area contributed by atoms with E-state index in [2.05, 4.69) is 5.32 Å². The van der Waals surface area contributed by atoms with E-state index < -0.39 is 11.9 Å². The number of amides is 1. The van der Waals surface area contributed by atoms with Gasteiger partial charge in [0, 0.05) is 25.4 Å². The van der Waals surface area contributed by atoms with E-state index in [1.165, 1.54) is 20.3 Å². The zero-order chi connectivity index (χ0) is 19.8. The standard InChI is InChI=1S/C20H22N2O5/c1-21-17(23)11-10-14-7-6-8-15(13-14)22-12-5-4-9-16(19(24)26-2)18(22)20(25)27-3/h4-9,12-13H,10-11H2,1-3H3,(H,21,23). The highest BCUT2D eigenvalue weighted by molar-refractivity contribution is 6.05. The summed E-state index contributed by atoms with van der Waals surface area (Å²) in [5, 5.41) is 2.59. The number of nitrogens with one attached hydrogen (secondary N) is 1. The normalized spacial score (nSPS) is 13.2. The van der Waals surface area contributed by atoms with Gasteiger partial charge < -0.3 is 19.7 Å². The Morgan fingerprint density at radius 3 is 2.48 bits per heavy atom. The van der Waals surface area contributed by atoms with E-state index >= 15 is 0 Å². The molecule has 0 saturated heterocycles. The van der Waals surface area contributed by atoms with Crippen molar-refractivity contribution in [2.75, 3.05) is 26.2 Å². The fraction of sp³-hybridized carbons (Fsp3) is 0.250. The summed E-state index contributed by atoms with van der Waals surface area (Å²) in [5.41, 5.74) is 1.72. The fourth-order valence-corrected chi connectivity index (χ4v) is 2.61. The van der Waals surface area contributed by atoms with Gasteiger partial charge in [-0.2, -0.15) is 0 Å². The molecular weight excluding hydrogens is 348 g/mol. The van der Waals surface area contributed by atoms with Gasteiger partial charge in [-0.1, -0.05) is 18.2 Å². The summed E-state index contributed by atoms with van der Waals surface area (Å²) in [4.78, 5) is 37.6. The van der Waals surface area contributed by atoms with Gasteiger partial charge in [-0.05, 0) is 36.3 Å². The molecule has 2 rings (SSSR count). The number of rotatable bonds is 6.